The molecule has 0 spiro atoms. The van der Waals surface area contributed by atoms with Gasteiger partial charge in [-0.25, -0.2) is 0 Å². The van der Waals surface area contributed by atoms with Gasteiger partial charge in [0.2, 0.25) is 0 Å². The van der Waals surface area contributed by atoms with Gasteiger partial charge in [-0.3, -0.25) is 14.5 Å². The van der Waals surface area contributed by atoms with Crippen molar-refractivity contribution < 1.29 is 54.4 Å². The van der Waals surface area contributed by atoms with Crippen molar-refractivity contribution in [1.29, 1.82) is 0 Å². The van der Waals surface area contributed by atoms with Gasteiger partial charge in [0.1, 0.15) is 54.2 Å². The molecule has 0 radical (unpaired) electrons. The SMILES string of the molecule is CCSC1OC(CO)C(OC2OC(CO)C(O)C(O)C2O)C(O)C1N1C(=O)c2ccccc2C1=O. The Bertz CT molecular complexity index is 897. The molecule has 0 saturated carbocycles. The fourth-order valence-corrected chi connectivity index (χ4v) is 5.64. The second kappa shape index (κ2) is 10.8. The van der Waals surface area contributed by atoms with Crippen LogP contribution in [-0.2, 0) is 14.2 Å². The third-order valence-electron chi connectivity index (χ3n) is 6.41. The van der Waals surface area contributed by atoms with E-state index in [4.69, 9.17) is 14.2 Å². The number of hydrogen-bond acceptors (Lipinski definition) is 12. The summed E-state index contributed by atoms with van der Waals surface area (Å²) < 4.78 is 17.0. The predicted octanol–water partition coefficient (Wildman–Crippen LogP) is -2.33. The standard InChI is InChI=1S/C22H29NO11S/c1-2-35-22-13(23-19(30)9-5-3-4-6-10(9)20(23)31)15(27)18(12(8-25)33-22)34-21-17(29)16(28)14(26)11(7-24)32-21/h3-6,11-18,21-22,24-29H,2,7-8H2,1H3. The molecule has 13 heteroatoms. The summed E-state index contributed by atoms with van der Waals surface area (Å²) in [5.41, 5.74) is -0.537. The number of ether oxygens (including phenoxy) is 3. The Balaban J connectivity index is 1.64. The first-order valence-electron chi connectivity index (χ1n) is 11.2. The summed E-state index contributed by atoms with van der Waals surface area (Å²) in [6, 6.07) is 5.03. The minimum absolute atomic E-state index is 0.181. The van der Waals surface area contributed by atoms with Crippen molar-refractivity contribution in [2.24, 2.45) is 0 Å². The van der Waals surface area contributed by atoms with E-state index in [0.717, 1.165) is 4.90 Å². The molecular formula is C22H29NO11S. The molecule has 10 atom stereocenters. The van der Waals surface area contributed by atoms with Crippen molar-refractivity contribution in [3.8, 4) is 0 Å². The first-order chi connectivity index (χ1) is 16.7. The number of nitrogens with zero attached hydrogens (tertiary/aromatic N) is 1. The zero-order valence-corrected chi connectivity index (χ0v) is 19.6. The zero-order chi connectivity index (χ0) is 25.4. The van der Waals surface area contributed by atoms with Gasteiger partial charge in [-0.05, 0) is 17.9 Å². The van der Waals surface area contributed by atoms with E-state index in [-0.39, 0.29) is 11.1 Å². The number of carbonyl (C=O) groups excluding carboxylic acids is 2. The van der Waals surface area contributed by atoms with Crippen LogP contribution >= 0.6 is 11.8 Å². The van der Waals surface area contributed by atoms with Crippen LogP contribution in [0.1, 0.15) is 27.6 Å². The van der Waals surface area contributed by atoms with Crippen molar-refractivity contribution in [2.45, 2.75) is 67.4 Å². The Labute approximate surface area is 205 Å². The molecule has 3 aliphatic heterocycles. The molecule has 3 heterocycles. The summed E-state index contributed by atoms with van der Waals surface area (Å²) in [7, 11) is 0. The molecule has 2 amide bonds. The minimum atomic E-state index is -1.76. The number of hydrogen-bond donors (Lipinski definition) is 6. The van der Waals surface area contributed by atoms with Crippen LogP contribution in [0.5, 0.6) is 0 Å². The van der Waals surface area contributed by atoms with Crippen LogP contribution in [0.4, 0.5) is 0 Å². The lowest BCUT2D eigenvalue weighted by atomic mass is 9.95. The normalized spacial score (nSPS) is 39.7. The Morgan fingerprint density at radius 3 is 2.03 bits per heavy atom. The number of aliphatic hydroxyl groups is 6. The highest BCUT2D eigenvalue weighted by Gasteiger charge is 2.55. The van der Waals surface area contributed by atoms with E-state index in [0.29, 0.717) is 5.75 Å². The third-order valence-corrected chi connectivity index (χ3v) is 7.47. The van der Waals surface area contributed by atoms with Crippen LogP contribution in [0.25, 0.3) is 0 Å². The smallest absolute Gasteiger partial charge is 0.262 e. The van der Waals surface area contributed by atoms with Crippen molar-refractivity contribution >= 4 is 23.6 Å². The third kappa shape index (κ3) is 4.62. The molecule has 6 N–H and O–H groups in total. The molecule has 4 rings (SSSR count). The van der Waals surface area contributed by atoms with Gasteiger partial charge in [-0.1, -0.05) is 19.1 Å². The lowest BCUT2D eigenvalue weighted by molar-refractivity contribution is -0.334. The molecule has 194 valence electrons. The summed E-state index contributed by atoms with van der Waals surface area (Å²) in [6.07, 6.45) is -12.1. The Morgan fingerprint density at radius 2 is 1.49 bits per heavy atom. The Kier molecular flexibility index (Phi) is 8.12. The number of fused-ring (bicyclic) bond motifs is 1. The van der Waals surface area contributed by atoms with Gasteiger partial charge in [0.05, 0.1) is 24.3 Å². The van der Waals surface area contributed by atoms with Crippen LogP contribution in [0, 0.1) is 0 Å². The second-order valence-electron chi connectivity index (χ2n) is 8.49. The highest BCUT2D eigenvalue weighted by molar-refractivity contribution is 7.99. The lowest BCUT2D eigenvalue weighted by Crippen LogP contribution is -2.67. The maximum absolute atomic E-state index is 13.1. The molecule has 1 aromatic rings. The molecule has 35 heavy (non-hydrogen) atoms. The van der Waals surface area contributed by atoms with Crippen LogP contribution < -0.4 is 0 Å². The topological polar surface area (TPSA) is 186 Å². The summed E-state index contributed by atoms with van der Waals surface area (Å²) >= 11 is 1.22. The van der Waals surface area contributed by atoms with E-state index in [9.17, 15) is 40.2 Å². The maximum Gasteiger partial charge on any atom is 0.262 e. The second-order valence-corrected chi connectivity index (χ2v) is 9.86. The molecule has 0 aliphatic carbocycles. The summed E-state index contributed by atoms with van der Waals surface area (Å²) in [5.74, 6) is -0.726. The molecule has 0 aromatic heterocycles. The monoisotopic (exact) mass is 515 g/mol. The predicted molar refractivity (Wildman–Crippen MR) is 119 cm³/mol. The lowest BCUT2D eigenvalue weighted by Gasteiger charge is -2.48. The Hall–Kier alpha value is -1.65. The van der Waals surface area contributed by atoms with Crippen molar-refractivity contribution in [3.63, 3.8) is 0 Å². The van der Waals surface area contributed by atoms with E-state index in [2.05, 4.69) is 0 Å². The number of rotatable bonds is 7. The van der Waals surface area contributed by atoms with Gasteiger partial charge >= 0.3 is 0 Å². The highest BCUT2D eigenvalue weighted by Crippen LogP contribution is 2.38. The van der Waals surface area contributed by atoms with Gasteiger partial charge in [-0.2, -0.15) is 0 Å². The van der Waals surface area contributed by atoms with Crippen LogP contribution in [-0.4, -0.2) is 127 Å². The summed E-state index contributed by atoms with van der Waals surface area (Å²) in [4.78, 5) is 27.2. The maximum atomic E-state index is 13.1. The zero-order valence-electron chi connectivity index (χ0n) is 18.8. The summed E-state index contributed by atoms with van der Waals surface area (Å²) in [5, 5.41) is 61.2. The fourth-order valence-electron chi connectivity index (χ4n) is 4.61. The van der Waals surface area contributed by atoms with E-state index in [1.165, 1.54) is 23.9 Å². The quantitative estimate of drug-likeness (QED) is 0.213. The number of aliphatic hydroxyl groups excluding tert-OH is 6. The van der Waals surface area contributed by atoms with Crippen molar-refractivity contribution in [1.82, 2.24) is 4.90 Å². The first-order valence-corrected chi connectivity index (χ1v) is 12.3. The van der Waals surface area contributed by atoms with Gasteiger partial charge in [-0.15, -0.1) is 11.8 Å². The van der Waals surface area contributed by atoms with E-state index in [1.54, 1.807) is 12.1 Å². The molecule has 2 fully saturated rings. The van der Waals surface area contributed by atoms with Gasteiger partial charge in [0, 0.05) is 0 Å². The molecule has 2 saturated heterocycles. The Morgan fingerprint density at radius 1 is 0.886 bits per heavy atom. The van der Waals surface area contributed by atoms with Gasteiger partial charge < -0.3 is 44.8 Å². The average molecular weight is 516 g/mol. The number of imide groups is 1. The molecule has 3 aliphatic rings. The number of benzene rings is 1. The number of thioether (sulfide) groups is 1. The highest BCUT2D eigenvalue weighted by atomic mass is 32.2. The molecular weight excluding hydrogens is 486 g/mol. The van der Waals surface area contributed by atoms with Crippen molar-refractivity contribution in [2.75, 3.05) is 19.0 Å². The molecule has 0 bridgehead atoms. The number of amides is 2. The van der Waals surface area contributed by atoms with Crippen molar-refractivity contribution in [3.05, 3.63) is 35.4 Å². The van der Waals surface area contributed by atoms with Gasteiger partial charge in [0.15, 0.2) is 6.29 Å². The molecule has 10 unspecified atom stereocenters. The largest absolute Gasteiger partial charge is 0.394 e. The fraction of sp³-hybridized carbons (Fsp3) is 0.636. The summed E-state index contributed by atoms with van der Waals surface area (Å²) in [6.45, 7) is 0.518. The van der Waals surface area contributed by atoms with E-state index in [1.807, 2.05) is 6.92 Å². The number of carbonyl (C=O) groups is 2. The molecule has 12 nitrogen and oxygen atoms in total. The van der Waals surface area contributed by atoms with Crippen LogP contribution in [0.15, 0.2) is 24.3 Å². The first kappa shape index (κ1) is 26.4. The minimum Gasteiger partial charge on any atom is -0.394 e. The average Bonchev–Trinajstić information content (AvgIpc) is 3.11. The van der Waals surface area contributed by atoms with Gasteiger partial charge in [0.25, 0.3) is 11.8 Å². The van der Waals surface area contributed by atoms with Crippen LogP contribution in [0.2, 0.25) is 0 Å². The van der Waals surface area contributed by atoms with E-state index >= 15 is 0 Å². The molecule has 1 aromatic carbocycles. The van der Waals surface area contributed by atoms with E-state index < -0.39 is 85.5 Å². The van der Waals surface area contributed by atoms with Crippen LogP contribution in [0.3, 0.4) is 0 Å².